The van der Waals surface area contributed by atoms with Gasteiger partial charge in [-0.25, -0.2) is 4.79 Å². The predicted molar refractivity (Wildman–Crippen MR) is 80.3 cm³/mol. The number of carbonyl (C=O) groups is 1. The maximum atomic E-state index is 12.3. The lowest BCUT2D eigenvalue weighted by Crippen LogP contribution is -2.47. The lowest BCUT2D eigenvalue weighted by Gasteiger charge is -2.34. The first-order valence-corrected chi connectivity index (χ1v) is 7.45. The summed E-state index contributed by atoms with van der Waals surface area (Å²) in [6, 6.07) is 4.68. The van der Waals surface area contributed by atoms with Crippen molar-refractivity contribution in [2.24, 2.45) is 0 Å². The number of hydrogen-bond acceptors (Lipinski definition) is 4. The molecule has 6 heteroatoms. The summed E-state index contributed by atoms with van der Waals surface area (Å²) in [5.41, 5.74) is 0.708. The SMILES string of the molecule is CCOC(=O)C(c1cc(Cl)ccc1Cl)N1CCNCC1. The van der Waals surface area contributed by atoms with Crippen molar-refractivity contribution in [1.29, 1.82) is 0 Å². The minimum atomic E-state index is -0.497. The van der Waals surface area contributed by atoms with Crippen molar-refractivity contribution >= 4 is 29.2 Å². The molecule has 2 rings (SSSR count). The van der Waals surface area contributed by atoms with Gasteiger partial charge >= 0.3 is 5.97 Å². The van der Waals surface area contributed by atoms with Crippen molar-refractivity contribution in [2.45, 2.75) is 13.0 Å². The molecule has 1 aromatic rings. The summed E-state index contributed by atoms with van der Waals surface area (Å²) in [7, 11) is 0. The average Bonchev–Trinajstić information content (AvgIpc) is 2.44. The zero-order valence-electron chi connectivity index (χ0n) is 11.4. The van der Waals surface area contributed by atoms with Gasteiger partial charge in [-0.3, -0.25) is 4.90 Å². The number of halogens is 2. The van der Waals surface area contributed by atoms with Crippen LogP contribution in [0.3, 0.4) is 0 Å². The van der Waals surface area contributed by atoms with Gasteiger partial charge in [-0.1, -0.05) is 23.2 Å². The third-order valence-electron chi connectivity index (χ3n) is 3.28. The van der Waals surface area contributed by atoms with Crippen molar-refractivity contribution in [2.75, 3.05) is 32.8 Å². The summed E-state index contributed by atoms with van der Waals surface area (Å²) in [5.74, 6) is -0.279. The maximum Gasteiger partial charge on any atom is 0.328 e. The number of esters is 1. The van der Waals surface area contributed by atoms with Crippen LogP contribution in [-0.4, -0.2) is 43.7 Å². The molecule has 1 N–H and O–H groups in total. The van der Waals surface area contributed by atoms with Crippen LogP contribution in [0.1, 0.15) is 18.5 Å². The Bertz CT molecular complexity index is 476. The van der Waals surface area contributed by atoms with E-state index in [0.717, 1.165) is 26.2 Å². The Kier molecular flexibility index (Phi) is 5.66. The van der Waals surface area contributed by atoms with Crippen molar-refractivity contribution in [3.8, 4) is 0 Å². The Hall–Kier alpha value is -0.810. The Morgan fingerprint density at radius 2 is 2.10 bits per heavy atom. The van der Waals surface area contributed by atoms with E-state index in [0.29, 0.717) is 22.2 Å². The summed E-state index contributed by atoms with van der Waals surface area (Å²) in [6.07, 6.45) is 0. The maximum absolute atomic E-state index is 12.3. The Morgan fingerprint density at radius 3 is 2.75 bits per heavy atom. The van der Waals surface area contributed by atoms with Gasteiger partial charge in [-0.05, 0) is 25.1 Å². The highest BCUT2D eigenvalue weighted by molar-refractivity contribution is 6.33. The fraction of sp³-hybridized carbons (Fsp3) is 0.500. The largest absolute Gasteiger partial charge is 0.465 e. The van der Waals surface area contributed by atoms with E-state index in [1.807, 2.05) is 0 Å². The molecule has 4 nitrogen and oxygen atoms in total. The second-order valence-electron chi connectivity index (χ2n) is 4.61. The van der Waals surface area contributed by atoms with Crippen LogP contribution in [0.5, 0.6) is 0 Å². The van der Waals surface area contributed by atoms with E-state index in [9.17, 15) is 4.79 Å². The average molecular weight is 317 g/mol. The number of benzene rings is 1. The van der Waals surface area contributed by atoms with Crippen LogP contribution in [0.2, 0.25) is 10.0 Å². The third-order valence-corrected chi connectivity index (χ3v) is 3.86. The Balaban J connectivity index is 2.34. The molecule has 1 atom stereocenters. The van der Waals surface area contributed by atoms with Crippen molar-refractivity contribution < 1.29 is 9.53 Å². The minimum absolute atomic E-state index is 0.279. The third kappa shape index (κ3) is 3.64. The molecule has 0 amide bonds. The van der Waals surface area contributed by atoms with E-state index in [4.69, 9.17) is 27.9 Å². The standard InChI is InChI=1S/C14H18Cl2N2O2/c1-2-20-14(19)13(18-7-5-17-6-8-18)11-9-10(15)3-4-12(11)16/h3-4,9,13,17H,2,5-8H2,1H3. The summed E-state index contributed by atoms with van der Waals surface area (Å²) in [6.45, 7) is 5.37. The summed E-state index contributed by atoms with van der Waals surface area (Å²) in [4.78, 5) is 14.4. The molecule has 0 radical (unpaired) electrons. The molecule has 1 aliphatic heterocycles. The summed E-state index contributed by atoms with van der Waals surface area (Å²) < 4.78 is 5.20. The fourth-order valence-electron chi connectivity index (χ4n) is 2.36. The molecular weight excluding hydrogens is 299 g/mol. The second kappa shape index (κ2) is 7.27. The number of piperazine rings is 1. The molecule has 0 spiro atoms. The summed E-state index contributed by atoms with van der Waals surface area (Å²) >= 11 is 12.3. The van der Waals surface area contributed by atoms with E-state index < -0.39 is 6.04 Å². The normalized spacial score (nSPS) is 17.8. The molecule has 110 valence electrons. The fourth-order valence-corrected chi connectivity index (χ4v) is 2.76. The molecule has 1 saturated heterocycles. The number of rotatable bonds is 4. The number of nitrogens with one attached hydrogen (secondary N) is 1. The molecule has 1 unspecified atom stereocenters. The van der Waals surface area contributed by atoms with Crippen molar-refractivity contribution in [3.63, 3.8) is 0 Å². The lowest BCUT2D eigenvalue weighted by atomic mass is 10.0. The van der Waals surface area contributed by atoms with Crippen LogP contribution in [0, 0.1) is 0 Å². The number of nitrogens with zero attached hydrogens (tertiary/aromatic N) is 1. The van der Waals surface area contributed by atoms with Gasteiger partial charge in [0.1, 0.15) is 6.04 Å². The predicted octanol–water partition coefficient (Wildman–Crippen LogP) is 2.50. The zero-order chi connectivity index (χ0) is 14.5. The van der Waals surface area contributed by atoms with Gasteiger partial charge in [0.2, 0.25) is 0 Å². The molecule has 0 aromatic heterocycles. The van der Waals surface area contributed by atoms with Crippen LogP contribution < -0.4 is 5.32 Å². The Morgan fingerprint density at radius 1 is 1.40 bits per heavy atom. The van der Waals surface area contributed by atoms with Gasteiger partial charge in [-0.2, -0.15) is 0 Å². The van der Waals surface area contributed by atoms with E-state index >= 15 is 0 Å². The van der Waals surface area contributed by atoms with Gasteiger partial charge in [0.05, 0.1) is 6.61 Å². The quantitative estimate of drug-likeness (QED) is 0.867. The van der Waals surface area contributed by atoms with E-state index in [-0.39, 0.29) is 5.97 Å². The first-order valence-electron chi connectivity index (χ1n) is 6.70. The first-order chi connectivity index (χ1) is 9.63. The second-order valence-corrected chi connectivity index (χ2v) is 5.45. The zero-order valence-corrected chi connectivity index (χ0v) is 12.9. The van der Waals surface area contributed by atoms with Gasteiger partial charge in [0.15, 0.2) is 0 Å². The molecule has 1 heterocycles. The monoisotopic (exact) mass is 316 g/mol. The smallest absolute Gasteiger partial charge is 0.328 e. The molecule has 1 aromatic carbocycles. The van der Waals surface area contributed by atoms with Gasteiger partial charge in [-0.15, -0.1) is 0 Å². The lowest BCUT2D eigenvalue weighted by molar-refractivity contribution is -0.150. The number of ether oxygens (including phenoxy) is 1. The van der Waals surface area contributed by atoms with Crippen LogP contribution in [0.25, 0.3) is 0 Å². The van der Waals surface area contributed by atoms with Crippen LogP contribution in [0.15, 0.2) is 18.2 Å². The van der Waals surface area contributed by atoms with Crippen molar-refractivity contribution in [1.82, 2.24) is 10.2 Å². The molecule has 1 aliphatic rings. The molecule has 0 aliphatic carbocycles. The topological polar surface area (TPSA) is 41.6 Å². The van der Waals surface area contributed by atoms with E-state index in [2.05, 4.69) is 10.2 Å². The highest BCUT2D eigenvalue weighted by atomic mass is 35.5. The van der Waals surface area contributed by atoms with Gasteiger partial charge in [0, 0.05) is 41.8 Å². The van der Waals surface area contributed by atoms with E-state index in [1.54, 1.807) is 25.1 Å². The van der Waals surface area contributed by atoms with Gasteiger partial charge in [0.25, 0.3) is 0 Å². The Labute approximate surface area is 129 Å². The molecule has 0 bridgehead atoms. The highest BCUT2D eigenvalue weighted by Crippen LogP contribution is 2.31. The molecule has 0 saturated carbocycles. The van der Waals surface area contributed by atoms with Crippen molar-refractivity contribution in [3.05, 3.63) is 33.8 Å². The summed E-state index contributed by atoms with van der Waals surface area (Å²) in [5, 5.41) is 4.36. The van der Waals surface area contributed by atoms with Crippen LogP contribution in [-0.2, 0) is 9.53 Å². The number of carbonyl (C=O) groups excluding carboxylic acids is 1. The highest BCUT2D eigenvalue weighted by Gasteiger charge is 2.31. The molecule has 1 fully saturated rings. The minimum Gasteiger partial charge on any atom is -0.465 e. The molecular formula is C14H18Cl2N2O2. The number of hydrogen-bond donors (Lipinski definition) is 1. The van der Waals surface area contributed by atoms with E-state index in [1.165, 1.54) is 0 Å². The van der Waals surface area contributed by atoms with Crippen LogP contribution in [0.4, 0.5) is 0 Å². The molecule has 20 heavy (non-hydrogen) atoms. The first kappa shape index (κ1) is 15.6. The van der Waals surface area contributed by atoms with Gasteiger partial charge < -0.3 is 10.1 Å². The van der Waals surface area contributed by atoms with Crippen LogP contribution >= 0.6 is 23.2 Å².